The Kier molecular flexibility index (Phi) is 4.14. The number of pyridine rings is 1. The van der Waals surface area contributed by atoms with Gasteiger partial charge in [-0.25, -0.2) is 4.98 Å². The highest BCUT2D eigenvalue weighted by atomic mass is 79.9. The van der Waals surface area contributed by atoms with Crippen molar-refractivity contribution in [2.75, 3.05) is 32.7 Å². The monoisotopic (exact) mass is 336 g/mol. The van der Waals surface area contributed by atoms with Crippen molar-refractivity contribution >= 4 is 27.7 Å². The maximum atomic E-state index is 11.1. The van der Waals surface area contributed by atoms with Crippen molar-refractivity contribution in [1.29, 1.82) is 0 Å². The van der Waals surface area contributed by atoms with E-state index in [1.165, 1.54) is 0 Å². The second-order valence-electron chi connectivity index (χ2n) is 4.97. The van der Waals surface area contributed by atoms with Crippen LogP contribution in [0.1, 0.15) is 16.3 Å². The summed E-state index contributed by atoms with van der Waals surface area (Å²) in [5.74, 6) is 0.952. The van der Waals surface area contributed by atoms with Gasteiger partial charge in [0.2, 0.25) is 0 Å². The summed E-state index contributed by atoms with van der Waals surface area (Å²) >= 11 is 3.43. The van der Waals surface area contributed by atoms with Crippen molar-refractivity contribution in [2.24, 2.45) is 0 Å². The zero-order chi connectivity index (χ0) is 13.9. The van der Waals surface area contributed by atoms with Crippen LogP contribution >= 0.6 is 15.9 Å². The molecule has 1 saturated heterocycles. The van der Waals surface area contributed by atoms with Gasteiger partial charge in [-0.1, -0.05) is 15.9 Å². The van der Waals surface area contributed by atoms with E-state index in [2.05, 4.69) is 31.1 Å². The number of hydrogen-bond acceptors (Lipinski definition) is 4. The molecule has 0 unspecified atom stereocenters. The maximum Gasteiger partial charge on any atom is 0.170 e. The molecule has 0 aliphatic carbocycles. The minimum atomic E-state index is 0.515. The molecule has 0 atom stereocenters. The van der Waals surface area contributed by atoms with Gasteiger partial charge in [0.25, 0.3) is 0 Å². The lowest BCUT2D eigenvalue weighted by molar-refractivity contribution is 0.112. The Bertz CT molecular complexity index is 619. The number of carbonyl (C=O) groups excluding carboxylic acids is 1. The number of fused-ring (bicyclic) bond motifs is 1. The van der Waals surface area contributed by atoms with Crippen LogP contribution in [0.4, 0.5) is 0 Å². The number of hydrogen-bond donors (Lipinski definition) is 1. The fourth-order valence-corrected chi connectivity index (χ4v) is 2.94. The number of nitrogens with one attached hydrogen (secondary N) is 1. The molecule has 0 saturated carbocycles. The van der Waals surface area contributed by atoms with Crippen LogP contribution in [-0.4, -0.2) is 53.3 Å². The Labute approximate surface area is 126 Å². The lowest BCUT2D eigenvalue weighted by Crippen LogP contribution is -2.44. The number of piperazine rings is 1. The summed E-state index contributed by atoms with van der Waals surface area (Å²) < 4.78 is 2.97. The van der Waals surface area contributed by atoms with Gasteiger partial charge in [0.1, 0.15) is 11.5 Å². The summed E-state index contributed by atoms with van der Waals surface area (Å²) in [5, 5.41) is 3.35. The Morgan fingerprint density at radius 3 is 2.95 bits per heavy atom. The molecule has 3 rings (SSSR count). The van der Waals surface area contributed by atoms with Crippen LogP contribution in [0.5, 0.6) is 0 Å². The molecule has 3 heterocycles. The standard InChI is InChI=1S/C14H17BrN4O/c15-11-1-6-19-13(9-11)12(10-20)17-14(19)2-5-18-7-3-16-4-8-18/h1,6,9-10,16H,2-5,7-8H2. The summed E-state index contributed by atoms with van der Waals surface area (Å²) in [4.78, 5) is 18.0. The first-order valence-electron chi connectivity index (χ1n) is 6.82. The zero-order valence-corrected chi connectivity index (χ0v) is 12.8. The number of carbonyl (C=O) groups is 1. The Hall–Kier alpha value is -1.24. The second-order valence-corrected chi connectivity index (χ2v) is 5.89. The zero-order valence-electron chi connectivity index (χ0n) is 11.2. The first-order chi connectivity index (χ1) is 9.78. The van der Waals surface area contributed by atoms with E-state index >= 15 is 0 Å². The van der Waals surface area contributed by atoms with Crippen LogP contribution in [0.25, 0.3) is 5.52 Å². The molecule has 5 nitrogen and oxygen atoms in total. The first-order valence-corrected chi connectivity index (χ1v) is 7.62. The number of rotatable bonds is 4. The van der Waals surface area contributed by atoms with E-state index in [4.69, 9.17) is 0 Å². The van der Waals surface area contributed by atoms with Gasteiger partial charge in [0.05, 0.1) is 5.52 Å². The minimum absolute atomic E-state index is 0.515. The third-order valence-electron chi connectivity index (χ3n) is 3.68. The van der Waals surface area contributed by atoms with E-state index in [1.807, 2.05) is 22.7 Å². The average molecular weight is 337 g/mol. The van der Waals surface area contributed by atoms with Gasteiger partial charge in [0.15, 0.2) is 6.29 Å². The van der Waals surface area contributed by atoms with Gasteiger partial charge in [-0.2, -0.15) is 0 Å². The van der Waals surface area contributed by atoms with Crippen LogP contribution in [0.2, 0.25) is 0 Å². The molecule has 1 aliphatic rings. The van der Waals surface area contributed by atoms with Gasteiger partial charge >= 0.3 is 0 Å². The molecule has 20 heavy (non-hydrogen) atoms. The SMILES string of the molecule is O=Cc1nc(CCN2CCNCC2)n2ccc(Br)cc12. The summed E-state index contributed by atoms with van der Waals surface area (Å²) in [6.45, 7) is 5.24. The minimum Gasteiger partial charge on any atom is -0.314 e. The van der Waals surface area contributed by atoms with Crippen LogP contribution in [0, 0.1) is 0 Å². The van der Waals surface area contributed by atoms with E-state index in [0.717, 1.165) is 61.2 Å². The summed E-state index contributed by atoms with van der Waals surface area (Å²) in [6, 6.07) is 3.91. The molecule has 0 spiro atoms. The lowest BCUT2D eigenvalue weighted by Gasteiger charge is -2.26. The Balaban J connectivity index is 1.82. The van der Waals surface area contributed by atoms with Gasteiger partial charge in [-0.3, -0.25) is 4.79 Å². The van der Waals surface area contributed by atoms with E-state index < -0.39 is 0 Å². The molecule has 2 aromatic rings. The van der Waals surface area contributed by atoms with Crippen molar-refractivity contribution in [2.45, 2.75) is 6.42 Å². The highest BCUT2D eigenvalue weighted by molar-refractivity contribution is 9.10. The summed E-state index contributed by atoms with van der Waals surface area (Å²) in [6.07, 6.45) is 3.65. The molecule has 1 N–H and O–H groups in total. The van der Waals surface area contributed by atoms with Crippen molar-refractivity contribution in [3.05, 3.63) is 34.3 Å². The maximum absolute atomic E-state index is 11.1. The van der Waals surface area contributed by atoms with Crippen LogP contribution in [0.15, 0.2) is 22.8 Å². The van der Waals surface area contributed by atoms with E-state index in [0.29, 0.717) is 5.69 Å². The topological polar surface area (TPSA) is 49.6 Å². The molecule has 106 valence electrons. The highest BCUT2D eigenvalue weighted by Gasteiger charge is 2.14. The average Bonchev–Trinajstić information content (AvgIpc) is 2.83. The number of imidazole rings is 1. The molecule has 0 bridgehead atoms. The van der Waals surface area contributed by atoms with Gasteiger partial charge in [0, 0.05) is 49.8 Å². The van der Waals surface area contributed by atoms with Crippen molar-refractivity contribution < 1.29 is 4.79 Å². The van der Waals surface area contributed by atoms with Crippen molar-refractivity contribution in [3.63, 3.8) is 0 Å². The molecular formula is C14H17BrN4O. The highest BCUT2D eigenvalue weighted by Crippen LogP contribution is 2.18. The predicted octanol–water partition coefficient (Wildman–Crippen LogP) is 1.36. The Morgan fingerprint density at radius 1 is 1.40 bits per heavy atom. The van der Waals surface area contributed by atoms with E-state index in [9.17, 15) is 4.79 Å². The molecule has 0 aromatic carbocycles. The molecule has 1 fully saturated rings. The third kappa shape index (κ3) is 2.77. The van der Waals surface area contributed by atoms with Crippen molar-refractivity contribution in [3.8, 4) is 0 Å². The predicted molar refractivity (Wildman–Crippen MR) is 81.3 cm³/mol. The largest absolute Gasteiger partial charge is 0.314 e. The molecule has 1 aliphatic heterocycles. The molecule has 6 heteroatoms. The van der Waals surface area contributed by atoms with E-state index in [-0.39, 0.29) is 0 Å². The van der Waals surface area contributed by atoms with Gasteiger partial charge in [-0.15, -0.1) is 0 Å². The fraction of sp³-hybridized carbons (Fsp3) is 0.429. The number of halogens is 1. The van der Waals surface area contributed by atoms with Gasteiger partial charge < -0.3 is 14.6 Å². The smallest absolute Gasteiger partial charge is 0.170 e. The third-order valence-corrected chi connectivity index (χ3v) is 4.17. The number of aromatic nitrogens is 2. The van der Waals surface area contributed by atoms with Gasteiger partial charge in [-0.05, 0) is 12.1 Å². The normalized spacial score (nSPS) is 16.6. The lowest BCUT2D eigenvalue weighted by atomic mass is 10.3. The fourth-order valence-electron chi connectivity index (χ4n) is 2.60. The molecule has 2 aromatic heterocycles. The van der Waals surface area contributed by atoms with Crippen LogP contribution < -0.4 is 5.32 Å². The first kappa shape index (κ1) is 13.7. The van der Waals surface area contributed by atoms with Crippen molar-refractivity contribution in [1.82, 2.24) is 19.6 Å². The summed E-state index contributed by atoms with van der Waals surface area (Å²) in [7, 11) is 0. The quantitative estimate of drug-likeness (QED) is 0.856. The number of aldehydes is 1. The molecular weight excluding hydrogens is 320 g/mol. The second kappa shape index (κ2) is 6.03. The Morgan fingerprint density at radius 2 is 2.20 bits per heavy atom. The summed E-state index contributed by atoms with van der Waals surface area (Å²) in [5.41, 5.74) is 1.38. The van der Waals surface area contributed by atoms with Crippen LogP contribution in [0.3, 0.4) is 0 Å². The molecule has 0 radical (unpaired) electrons. The van der Waals surface area contributed by atoms with Crippen LogP contribution in [-0.2, 0) is 6.42 Å². The molecule has 0 amide bonds. The number of nitrogens with zero attached hydrogens (tertiary/aromatic N) is 3. The van der Waals surface area contributed by atoms with E-state index in [1.54, 1.807) is 0 Å².